The molecule has 0 spiro atoms. The molecule has 0 radical (unpaired) electrons. The smallest absolute Gasteiger partial charge is 0.236 e. The van der Waals surface area contributed by atoms with Crippen LogP contribution < -0.4 is 5.73 Å². The Labute approximate surface area is 97.8 Å². The molecule has 1 heterocycles. The minimum atomic E-state index is 0.256. The van der Waals surface area contributed by atoms with E-state index in [9.17, 15) is 4.79 Å². The van der Waals surface area contributed by atoms with E-state index >= 15 is 0 Å². The van der Waals surface area contributed by atoms with Crippen LogP contribution in [0.1, 0.15) is 19.3 Å². The first kappa shape index (κ1) is 11.9. The van der Waals surface area contributed by atoms with Crippen molar-refractivity contribution < 1.29 is 4.79 Å². The van der Waals surface area contributed by atoms with Gasteiger partial charge in [0.2, 0.25) is 5.91 Å². The highest BCUT2D eigenvalue weighted by Gasteiger charge is 2.40. The number of hydrogen-bond acceptors (Lipinski definition) is 3. The summed E-state index contributed by atoms with van der Waals surface area (Å²) in [5.41, 5.74) is 6.14. The fourth-order valence-electron chi connectivity index (χ4n) is 3.09. The van der Waals surface area contributed by atoms with E-state index in [-0.39, 0.29) is 5.91 Å². The highest BCUT2D eigenvalue weighted by molar-refractivity contribution is 5.78. The maximum Gasteiger partial charge on any atom is 0.236 e. The highest BCUT2D eigenvalue weighted by atomic mass is 16.2. The Balaban J connectivity index is 1.93. The first-order valence-electron chi connectivity index (χ1n) is 6.26. The second kappa shape index (κ2) is 4.72. The number of hydrogen-bond donors (Lipinski definition) is 1. The van der Waals surface area contributed by atoms with Gasteiger partial charge in [0.05, 0.1) is 6.54 Å². The van der Waals surface area contributed by atoms with Gasteiger partial charge in [-0.2, -0.15) is 0 Å². The molecule has 0 aromatic rings. The van der Waals surface area contributed by atoms with E-state index < -0.39 is 0 Å². The normalized spacial score (nSPS) is 34.2. The van der Waals surface area contributed by atoms with Gasteiger partial charge in [0.1, 0.15) is 0 Å². The Morgan fingerprint density at radius 2 is 2.12 bits per heavy atom. The molecule has 0 bridgehead atoms. The molecule has 3 unspecified atom stereocenters. The van der Waals surface area contributed by atoms with Crippen LogP contribution in [-0.4, -0.2) is 55.5 Å². The SMILES string of the molecule is CN(C)CC(=O)N1CC2CCCC(N)C2C1. The second-order valence-electron chi connectivity index (χ2n) is 5.56. The summed E-state index contributed by atoms with van der Waals surface area (Å²) in [6.45, 7) is 2.35. The Bertz CT molecular complexity index is 267. The quantitative estimate of drug-likeness (QED) is 0.727. The molecule has 2 fully saturated rings. The first-order chi connectivity index (χ1) is 7.58. The molecule has 1 aliphatic heterocycles. The number of carbonyl (C=O) groups is 1. The number of amides is 1. The molecule has 2 aliphatic rings. The zero-order valence-corrected chi connectivity index (χ0v) is 10.4. The fourth-order valence-corrected chi connectivity index (χ4v) is 3.09. The number of fused-ring (bicyclic) bond motifs is 1. The van der Waals surface area contributed by atoms with E-state index in [4.69, 9.17) is 5.73 Å². The molecule has 92 valence electrons. The largest absolute Gasteiger partial charge is 0.341 e. The first-order valence-corrected chi connectivity index (χ1v) is 6.26. The topological polar surface area (TPSA) is 49.6 Å². The third kappa shape index (κ3) is 2.38. The lowest BCUT2D eigenvalue weighted by Crippen LogP contribution is -2.39. The standard InChI is InChI=1S/C12H23N3O/c1-14(2)8-12(16)15-6-9-4-3-5-11(13)10(9)7-15/h9-11H,3-8,13H2,1-2H3. The maximum absolute atomic E-state index is 11.9. The summed E-state index contributed by atoms with van der Waals surface area (Å²) in [6.07, 6.45) is 3.62. The van der Waals surface area contributed by atoms with Gasteiger partial charge in [-0.25, -0.2) is 0 Å². The minimum absolute atomic E-state index is 0.256. The highest BCUT2D eigenvalue weighted by Crippen LogP contribution is 2.35. The van der Waals surface area contributed by atoms with Crippen molar-refractivity contribution in [1.29, 1.82) is 0 Å². The van der Waals surface area contributed by atoms with Crippen molar-refractivity contribution in [1.82, 2.24) is 9.80 Å². The maximum atomic E-state index is 11.9. The van der Waals surface area contributed by atoms with Gasteiger partial charge in [-0.3, -0.25) is 4.79 Å². The number of nitrogens with zero attached hydrogens (tertiary/aromatic N) is 2. The summed E-state index contributed by atoms with van der Waals surface area (Å²) < 4.78 is 0. The van der Waals surface area contributed by atoms with Crippen LogP contribution in [0.25, 0.3) is 0 Å². The Hall–Kier alpha value is -0.610. The van der Waals surface area contributed by atoms with Crippen LogP contribution in [0.3, 0.4) is 0 Å². The predicted octanol–water partition coefficient (Wildman–Crippen LogP) is 0.134. The van der Waals surface area contributed by atoms with E-state index in [2.05, 4.69) is 0 Å². The molecule has 4 nitrogen and oxygen atoms in total. The summed E-state index contributed by atoms with van der Waals surface area (Å²) in [5, 5.41) is 0. The van der Waals surface area contributed by atoms with Gasteiger partial charge in [-0.15, -0.1) is 0 Å². The van der Waals surface area contributed by atoms with E-state index in [1.54, 1.807) is 0 Å². The molecule has 1 amide bonds. The summed E-state index contributed by atoms with van der Waals surface area (Å²) in [5.74, 6) is 1.47. The number of nitrogens with two attached hydrogens (primary N) is 1. The second-order valence-corrected chi connectivity index (χ2v) is 5.56. The van der Waals surface area contributed by atoms with E-state index in [1.807, 2.05) is 23.9 Å². The molecular weight excluding hydrogens is 202 g/mol. The summed E-state index contributed by atoms with van der Waals surface area (Å²) >= 11 is 0. The van der Waals surface area contributed by atoms with E-state index in [0.717, 1.165) is 19.5 Å². The number of carbonyl (C=O) groups excluding carboxylic acids is 1. The zero-order valence-electron chi connectivity index (χ0n) is 10.4. The molecule has 3 atom stereocenters. The summed E-state index contributed by atoms with van der Waals surface area (Å²) in [6, 6.07) is 0.316. The van der Waals surface area contributed by atoms with E-state index in [1.165, 1.54) is 12.8 Å². The average Bonchev–Trinajstić information content (AvgIpc) is 2.61. The molecule has 4 heteroatoms. The number of likely N-dealkylation sites (N-methyl/N-ethyl adjacent to an activating group) is 1. The number of rotatable bonds is 2. The lowest BCUT2D eigenvalue weighted by atomic mass is 9.78. The monoisotopic (exact) mass is 225 g/mol. The van der Waals surface area contributed by atoms with Crippen LogP contribution in [0.15, 0.2) is 0 Å². The molecule has 2 rings (SSSR count). The van der Waals surface area contributed by atoms with Crippen molar-refractivity contribution in [2.24, 2.45) is 17.6 Å². The van der Waals surface area contributed by atoms with Gasteiger partial charge in [-0.1, -0.05) is 6.42 Å². The molecule has 1 saturated heterocycles. The van der Waals surface area contributed by atoms with Crippen molar-refractivity contribution in [3.63, 3.8) is 0 Å². The van der Waals surface area contributed by atoms with Crippen LogP contribution in [-0.2, 0) is 4.79 Å². The molecule has 1 saturated carbocycles. The van der Waals surface area contributed by atoms with Gasteiger partial charge in [-0.05, 0) is 38.8 Å². The third-order valence-corrected chi connectivity index (χ3v) is 3.96. The minimum Gasteiger partial charge on any atom is -0.341 e. The molecule has 0 aromatic carbocycles. The van der Waals surface area contributed by atoms with Crippen molar-refractivity contribution in [2.75, 3.05) is 33.7 Å². The predicted molar refractivity (Wildman–Crippen MR) is 63.9 cm³/mol. The van der Waals surface area contributed by atoms with Gasteiger partial charge >= 0.3 is 0 Å². The fraction of sp³-hybridized carbons (Fsp3) is 0.917. The lowest BCUT2D eigenvalue weighted by Gasteiger charge is -2.29. The van der Waals surface area contributed by atoms with Crippen molar-refractivity contribution in [3.8, 4) is 0 Å². The van der Waals surface area contributed by atoms with Gasteiger partial charge in [0.25, 0.3) is 0 Å². The van der Waals surface area contributed by atoms with Crippen LogP contribution in [0.5, 0.6) is 0 Å². The van der Waals surface area contributed by atoms with Crippen LogP contribution in [0.2, 0.25) is 0 Å². The van der Waals surface area contributed by atoms with Crippen LogP contribution in [0.4, 0.5) is 0 Å². The average molecular weight is 225 g/mol. The molecule has 2 N–H and O–H groups in total. The number of likely N-dealkylation sites (tertiary alicyclic amines) is 1. The van der Waals surface area contributed by atoms with E-state index in [0.29, 0.717) is 24.4 Å². The Morgan fingerprint density at radius 3 is 2.75 bits per heavy atom. The van der Waals surface area contributed by atoms with Crippen molar-refractivity contribution in [2.45, 2.75) is 25.3 Å². The van der Waals surface area contributed by atoms with Crippen LogP contribution >= 0.6 is 0 Å². The molecule has 0 aromatic heterocycles. The van der Waals surface area contributed by atoms with Gasteiger partial charge in [0.15, 0.2) is 0 Å². The zero-order chi connectivity index (χ0) is 11.7. The van der Waals surface area contributed by atoms with Crippen LogP contribution in [0, 0.1) is 11.8 Å². The summed E-state index contributed by atoms with van der Waals surface area (Å²) in [7, 11) is 3.87. The Morgan fingerprint density at radius 1 is 1.38 bits per heavy atom. The Kier molecular flexibility index (Phi) is 3.50. The van der Waals surface area contributed by atoms with Gasteiger partial charge in [0, 0.05) is 19.1 Å². The summed E-state index contributed by atoms with van der Waals surface area (Å²) in [4.78, 5) is 15.9. The lowest BCUT2D eigenvalue weighted by molar-refractivity contribution is -0.131. The van der Waals surface area contributed by atoms with Crippen molar-refractivity contribution >= 4 is 5.91 Å². The molecule has 1 aliphatic carbocycles. The van der Waals surface area contributed by atoms with Gasteiger partial charge < -0.3 is 15.5 Å². The molecule has 16 heavy (non-hydrogen) atoms. The van der Waals surface area contributed by atoms with Crippen molar-refractivity contribution in [3.05, 3.63) is 0 Å². The third-order valence-electron chi connectivity index (χ3n) is 3.96. The molecular formula is C12H23N3O.